The zero-order valence-electron chi connectivity index (χ0n) is 13.2. The summed E-state index contributed by atoms with van der Waals surface area (Å²) >= 11 is 0. The summed E-state index contributed by atoms with van der Waals surface area (Å²) in [7, 11) is 0. The molecule has 1 aromatic carbocycles. The van der Waals surface area contributed by atoms with E-state index in [-0.39, 0.29) is 12.2 Å². The number of ether oxygens (including phenoxy) is 1. The number of anilines is 1. The van der Waals surface area contributed by atoms with Crippen LogP contribution in [-0.2, 0) is 4.74 Å². The van der Waals surface area contributed by atoms with Gasteiger partial charge in [0.1, 0.15) is 0 Å². The monoisotopic (exact) mass is 292 g/mol. The van der Waals surface area contributed by atoms with E-state index in [1.165, 1.54) is 5.69 Å². The van der Waals surface area contributed by atoms with E-state index in [0.717, 1.165) is 25.9 Å². The SMILES string of the molecule is CC(C)OCC(O)CN1CCC(Nc2ccccc2)CC1. The molecule has 0 aliphatic carbocycles. The molecule has 1 heterocycles. The average molecular weight is 292 g/mol. The summed E-state index contributed by atoms with van der Waals surface area (Å²) in [5.41, 5.74) is 1.20. The number of β-amino-alcohol motifs (C(OH)–C–C–N with tert-alkyl or cyclic N) is 1. The first kappa shape index (κ1) is 16.3. The van der Waals surface area contributed by atoms with Gasteiger partial charge in [0, 0.05) is 31.4 Å². The fourth-order valence-electron chi connectivity index (χ4n) is 2.68. The summed E-state index contributed by atoms with van der Waals surface area (Å²) in [5.74, 6) is 0. The second-order valence-electron chi connectivity index (χ2n) is 6.12. The largest absolute Gasteiger partial charge is 0.389 e. The minimum Gasteiger partial charge on any atom is -0.389 e. The van der Waals surface area contributed by atoms with Gasteiger partial charge in [-0.15, -0.1) is 0 Å². The van der Waals surface area contributed by atoms with Gasteiger partial charge in [-0.1, -0.05) is 18.2 Å². The molecule has 1 saturated heterocycles. The number of para-hydroxylation sites is 1. The van der Waals surface area contributed by atoms with Crippen molar-refractivity contribution in [1.82, 2.24) is 4.90 Å². The minimum absolute atomic E-state index is 0.181. The van der Waals surface area contributed by atoms with Crippen molar-refractivity contribution in [2.75, 3.05) is 31.6 Å². The molecule has 0 radical (unpaired) electrons. The van der Waals surface area contributed by atoms with Gasteiger partial charge in [0.05, 0.1) is 18.8 Å². The number of nitrogens with one attached hydrogen (secondary N) is 1. The van der Waals surface area contributed by atoms with Crippen molar-refractivity contribution >= 4 is 5.69 Å². The summed E-state index contributed by atoms with van der Waals surface area (Å²) < 4.78 is 5.46. The second-order valence-corrected chi connectivity index (χ2v) is 6.12. The van der Waals surface area contributed by atoms with Crippen molar-refractivity contribution in [2.45, 2.75) is 44.9 Å². The highest BCUT2D eigenvalue weighted by Crippen LogP contribution is 2.16. The van der Waals surface area contributed by atoms with E-state index >= 15 is 0 Å². The van der Waals surface area contributed by atoms with Gasteiger partial charge in [-0.2, -0.15) is 0 Å². The zero-order chi connectivity index (χ0) is 15.1. The van der Waals surface area contributed by atoms with Crippen molar-refractivity contribution in [3.8, 4) is 0 Å². The Labute approximate surface area is 128 Å². The maximum absolute atomic E-state index is 9.97. The third-order valence-electron chi connectivity index (χ3n) is 3.82. The molecule has 1 fully saturated rings. The molecule has 1 aliphatic rings. The third kappa shape index (κ3) is 6.04. The molecule has 0 saturated carbocycles. The number of aliphatic hydroxyl groups is 1. The summed E-state index contributed by atoms with van der Waals surface area (Å²) in [6.45, 7) is 7.19. The molecule has 0 spiro atoms. The number of nitrogens with zero attached hydrogens (tertiary/aromatic N) is 1. The van der Waals surface area contributed by atoms with Gasteiger partial charge in [-0.05, 0) is 38.8 Å². The van der Waals surface area contributed by atoms with E-state index in [2.05, 4.69) is 34.5 Å². The van der Waals surface area contributed by atoms with Gasteiger partial charge in [0.25, 0.3) is 0 Å². The van der Waals surface area contributed by atoms with Crippen LogP contribution in [-0.4, -0.2) is 54.5 Å². The van der Waals surface area contributed by atoms with Crippen LogP contribution in [0.4, 0.5) is 5.69 Å². The Balaban J connectivity index is 1.66. The molecule has 1 aliphatic heterocycles. The molecule has 0 amide bonds. The van der Waals surface area contributed by atoms with Crippen LogP contribution in [0.1, 0.15) is 26.7 Å². The van der Waals surface area contributed by atoms with Gasteiger partial charge >= 0.3 is 0 Å². The molecular formula is C17H28N2O2. The Kier molecular flexibility index (Phi) is 6.49. The van der Waals surface area contributed by atoms with Gasteiger partial charge in [0.2, 0.25) is 0 Å². The Hall–Kier alpha value is -1.10. The highest BCUT2D eigenvalue weighted by atomic mass is 16.5. The van der Waals surface area contributed by atoms with Crippen LogP contribution < -0.4 is 5.32 Å². The summed E-state index contributed by atoms with van der Waals surface area (Å²) in [6.07, 6.45) is 2.03. The second kappa shape index (κ2) is 8.37. The number of aliphatic hydroxyl groups excluding tert-OH is 1. The minimum atomic E-state index is -0.383. The average Bonchev–Trinajstić information content (AvgIpc) is 2.48. The van der Waals surface area contributed by atoms with Crippen molar-refractivity contribution in [3.63, 3.8) is 0 Å². The Morgan fingerprint density at radius 2 is 1.90 bits per heavy atom. The van der Waals surface area contributed by atoms with Gasteiger partial charge < -0.3 is 20.1 Å². The van der Waals surface area contributed by atoms with Crippen LogP contribution in [0.2, 0.25) is 0 Å². The number of piperidine rings is 1. The van der Waals surface area contributed by atoms with E-state index in [1.807, 2.05) is 19.9 Å². The Bertz CT molecular complexity index is 389. The van der Waals surface area contributed by atoms with Crippen LogP contribution in [0.3, 0.4) is 0 Å². The van der Waals surface area contributed by atoms with Crippen molar-refractivity contribution in [1.29, 1.82) is 0 Å². The van der Waals surface area contributed by atoms with Crippen LogP contribution in [0.15, 0.2) is 30.3 Å². The van der Waals surface area contributed by atoms with Crippen LogP contribution in [0.25, 0.3) is 0 Å². The lowest BCUT2D eigenvalue weighted by atomic mass is 10.0. The first-order valence-corrected chi connectivity index (χ1v) is 7.97. The Morgan fingerprint density at radius 1 is 1.24 bits per heavy atom. The van der Waals surface area contributed by atoms with Crippen molar-refractivity contribution < 1.29 is 9.84 Å². The summed E-state index contributed by atoms with van der Waals surface area (Å²) in [4.78, 5) is 2.33. The van der Waals surface area contributed by atoms with E-state index in [9.17, 15) is 5.11 Å². The topological polar surface area (TPSA) is 44.7 Å². The molecule has 1 atom stereocenters. The smallest absolute Gasteiger partial charge is 0.0900 e. The molecule has 1 unspecified atom stereocenters. The Morgan fingerprint density at radius 3 is 2.52 bits per heavy atom. The molecule has 2 N–H and O–H groups in total. The molecule has 0 aromatic heterocycles. The van der Waals surface area contributed by atoms with E-state index in [4.69, 9.17) is 4.74 Å². The first-order chi connectivity index (χ1) is 10.1. The highest BCUT2D eigenvalue weighted by Gasteiger charge is 2.21. The first-order valence-electron chi connectivity index (χ1n) is 7.97. The summed E-state index contributed by atoms with van der Waals surface area (Å²) in [5, 5.41) is 13.6. The predicted molar refractivity (Wildman–Crippen MR) is 86.6 cm³/mol. The lowest BCUT2D eigenvalue weighted by molar-refractivity contribution is -0.0108. The number of hydrogen-bond donors (Lipinski definition) is 2. The van der Waals surface area contributed by atoms with Gasteiger partial charge in [-0.25, -0.2) is 0 Å². The van der Waals surface area contributed by atoms with Gasteiger partial charge in [-0.3, -0.25) is 0 Å². The molecule has 21 heavy (non-hydrogen) atoms. The number of rotatable bonds is 7. The number of hydrogen-bond acceptors (Lipinski definition) is 4. The van der Waals surface area contributed by atoms with Crippen molar-refractivity contribution in [3.05, 3.63) is 30.3 Å². The van der Waals surface area contributed by atoms with E-state index in [1.54, 1.807) is 0 Å². The molecule has 0 bridgehead atoms. The molecular weight excluding hydrogens is 264 g/mol. The highest BCUT2D eigenvalue weighted by molar-refractivity contribution is 5.43. The lowest BCUT2D eigenvalue weighted by Crippen LogP contribution is -2.43. The van der Waals surface area contributed by atoms with E-state index in [0.29, 0.717) is 19.2 Å². The lowest BCUT2D eigenvalue weighted by Gasteiger charge is -2.34. The predicted octanol–water partition coefficient (Wildman–Crippen LogP) is 2.35. The van der Waals surface area contributed by atoms with Crippen LogP contribution in [0, 0.1) is 0 Å². The molecule has 1 aromatic rings. The third-order valence-corrected chi connectivity index (χ3v) is 3.82. The fourth-order valence-corrected chi connectivity index (χ4v) is 2.68. The maximum Gasteiger partial charge on any atom is 0.0900 e. The molecule has 118 valence electrons. The number of likely N-dealkylation sites (tertiary alicyclic amines) is 1. The molecule has 4 nitrogen and oxygen atoms in total. The zero-order valence-corrected chi connectivity index (χ0v) is 13.2. The van der Waals surface area contributed by atoms with Crippen molar-refractivity contribution in [2.24, 2.45) is 0 Å². The van der Waals surface area contributed by atoms with Crippen LogP contribution >= 0.6 is 0 Å². The molecule has 4 heteroatoms. The standard InChI is InChI=1S/C17H28N2O2/c1-14(2)21-13-17(20)12-19-10-8-16(9-11-19)18-15-6-4-3-5-7-15/h3-7,14,16-18,20H,8-13H2,1-2H3. The number of benzene rings is 1. The maximum atomic E-state index is 9.97. The van der Waals surface area contributed by atoms with Gasteiger partial charge in [0.15, 0.2) is 0 Å². The fraction of sp³-hybridized carbons (Fsp3) is 0.647. The quantitative estimate of drug-likeness (QED) is 0.810. The van der Waals surface area contributed by atoms with Crippen LogP contribution in [0.5, 0.6) is 0 Å². The molecule has 2 rings (SSSR count). The normalized spacial score (nSPS) is 18.9. The summed E-state index contributed by atoms with van der Waals surface area (Å²) in [6, 6.07) is 10.9. The van der Waals surface area contributed by atoms with E-state index < -0.39 is 0 Å².